The second-order valence-electron chi connectivity index (χ2n) is 5.48. The molecule has 138 valence electrons. The molecule has 0 bridgehead atoms. The molecule has 0 radical (unpaired) electrons. The van der Waals surface area contributed by atoms with Gasteiger partial charge in [0.25, 0.3) is 11.5 Å². The zero-order chi connectivity index (χ0) is 19.3. The molecule has 0 spiro atoms. The van der Waals surface area contributed by atoms with E-state index in [1.165, 1.54) is 41.4 Å². The first-order chi connectivity index (χ1) is 12.4. The summed E-state index contributed by atoms with van der Waals surface area (Å²) in [6, 6.07) is 7.22. The quantitative estimate of drug-likeness (QED) is 0.575. The van der Waals surface area contributed by atoms with Crippen molar-refractivity contribution < 1.29 is 14.7 Å². The monoisotopic (exact) mass is 396 g/mol. The smallest absolute Gasteiger partial charge is 0.253 e. The van der Waals surface area contributed by atoms with Crippen LogP contribution in [0.4, 0.5) is 0 Å². The lowest BCUT2D eigenvalue weighted by atomic mass is 10.0. The number of aromatic nitrogens is 1. The molecule has 1 amide bonds. The van der Waals surface area contributed by atoms with Gasteiger partial charge in [0.1, 0.15) is 0 Å². The maximum absolute atomic E-state index is 13.1. The number of ketones is 1. The van der Waals surface area contributed by atoms with Crippen molar-refractivity contribution in [2.45, 2.75) is 13.0 Å². The summed E-state index contributed by atoms with van der Waals surface area (Å²) in [5.41, 5.74) is -0.408. The van der Waals surface area contributed by atoms with Crippen molar-refractivity contribution in [2.75, 3.05) is 19.7 Å². The Morgan fingerprint density at radius 2 is 1.96 bits per heavy atom. The first kappa shape index (κ1) is 20.2. The molecule has 0 aliphatic rings. The summed E-state index contributed by atoms with van der Waals surface area (Å²) in [6.45, 7) is 1.79. The number of likely N-dealkylation sites (N-methyl/N-ethyl adjacent to an activating group) is 1. The molecule has 0 saturated carbocycles. The number of halogens is 2. The fraction of sp³-hybridized carbons (Fsp3) is 0.278. The Morgan fingerprint density at radius 3 is 2.54 bits per heavy atom. The van der Waals surface area contributed by atoms with Crippen molar-refractivity contribution in [3.8, 4) is 0 Å². The summed E-state index contributed by atoms with van der Waals surface area (Å²) >= 11 is 12.0. The molecule has 1 atom stereocenters. The molecule has 0 aliphatic carbocycles. The largest absolute Gasteiger partial charge is 0.395 e. The fourth-order valence-corrected chi connectivity index (χ4v) is 3.07. The molecule has 1 unspecified atom stereocenters. The van der Waals surface area contributed by atoms with Crippen molar-refractivity contribution >= 4 is 34.9 Å². The average Bonchev–Trinajstić information content (AvgIpc) is 2.61. The number of carbonyl (C=O) groups excluding carboxylic acids is 2. The average molecular weight is 397 g/mol. The van der Waals surface area contributed by atoms with Crippen LogP contribution in [0.5, 0.6) is 0 Å². The van der Waals surface area contributed by atoms with Crippen LogP contribution in [-0.2, 0) is 4.79 Å². The van der Waals surface area contributed by atoms with Gasteiger partial charge in [0.05, 0.1) is 11.6 Å². The molecule has 6 nitrogen and oxygen atoms in total. The van der Waals surface area contributed by atoms with Gasteiger partial charge in [-0.1, -0.05) is 29.3 Å². The second-order valence-corrected chi connectivity index (χ2v) is 6.32. The lowest BCUT2D eigenvalue weighted by Gasteiger charge is -2.26. The summed E-state index contributed by atoms with van der Waals surface area (Å²) < 4.78 is 1.07. The Kier molecular flexibility index (Phi) is 6.97. The third-order valence-electron chi connectivity index (χ3n) is 3.87. The van der Waals surface area contributed by atoms with Gasteiger partial charge < -0.3 is 10.0 Å². The Bertz CT molecular complexity index is 866. The third-order valence-corrected chi connectivity index (χ3v) is 4.42. The molecule has 1 aromatic carbocycles. The molecule has 1 heterocycles. The van der Waals surface area contributed by atoms with Gasteiger partial charge in [-0.25, -0.2) is 0 Å². The van der Waals surface area contributed by atoms with E-state index in [0.29, 0.717) is 5.02 Å². The number of aliphatic hydroxyl groups is 1. The molecule has 2 rings (SSSR count). The number of rotatable bonds is 7. The van der Waals surface area contributed by atoms with Crippen LogP contribution in [0.15, 0.2) is 47.4 Å². The Balaban J connectivity index is 2.56. The van der Waals surface area contributed by atoms with Gasteiger partial charge in [0, 0.05) is 35.9 Å². The minimum Gasteiger partial charge on any atom is -0.395 e. The third kappa shape index (κ3) is 4.33. The topological polar surface area (TPSA) is 79.6 Å². The Morgan fingerprint density at radius 1 is 1.23 bits per heavy atom. The number of carbonyl (C=O) groups is 2. The minimum atomic E-state index is -1.42. The van der Waals surface area contributed by atoms with Crippen molar-refractivity contribution in [2.24, 2.45) is 0 Å². The number of hydrogen-bond acceptors (Lipinski definition) is 4. The molecular formula is C18H18Cl2N2O4. The summed E-state index contributed by atoms with van der Waals surface area (Å²) in [5, 5.41) is 9.61. The number of hydrogen-bond donors (Lipinski definition) is 1. The SMILES string of the molecule is CCN(CCO)C(=O)C(C(=O)c1ccc(Cl)cc1Cl)n1ccccc1=O. The summed E-state index contributed by atoms with van der Waals surface area (Å²) in [7, 11) is 0. The minimum absolute atomic E-state index is 0.0506. The van der Waals surface area contributed by atoms with E-state index in [1.54, 1.807) is 13.0 Å². The zero-order valence-corrected chi connectivity index (χ0v) is 15.6. The highest BCUT2D eigenvalue weighted by atomic mass is 35.5. The number of aliphatic hydroxyl groups excluding tert-OH is 1. The van der Waals surface area contributed by atoms with Crippen LogP contribution >= 0.6 is 23.2 Å². The predicted octanol–water partition coefficient (Wildman–Crippen LogP) is 2.42. The highest BCUT2D eigenvalue weighted by Crippen LogP contribution is 2.25. The number of pyridine rings is 1. The first-order valence-electron chi connectivity index (χ1n) is 7.96. The van der Waals surface area contributed by atoms with Crippen LogP contribution in [0.3, 0.4) is 0 Å². The Hall–Kier alpha value is -2.15. The van der Waals surface area contributed by atoms with E-state index >= 15 is 0 Å². The molecular weight excluding hydrogens is 379 g/mol. The lowest BCUT2D eigenvalue weighted by molar-refractivity contribution is -0.133. The number of benzene rings is 1. The van der Waals surface area contributed by atoms with Crippen molar-refractivity contribution in [3.63, 3.8) is 0 Å². The number of Topliss-reactive ketones (excluding diaryl/α,β-unsaturated/α-hetero) is 1. The Labute approximate surface area is 160 Å². The zero-order valence-electron chi connectivity index (χ0n) is 14.1. The van der Waals surface area contributed by atoms with Crippen LogP contribution in [0.2, 0.25) is 10.0 Å². The summed E-state index contributed by atoms with van der Waals surface area (Å²) in [6.07, 6.45) is 1.37. The highest BCUT2D eigenvalue weighted by Gasteiger charge is 2.34. The molecule has 26 heavy (non-hydrogen) atoms. The van der Waals surface area contributed by atoms with Gasteiger partial charge in [-0.2, -0.15) is 0 Å². The second kappa shape index (κ2) is 8.98. The number of nitrogens with zero attached hydrogens (tertiary/aromatic N) is 2. The van der Waals surface area contributed by atoms with E-state index < -0.39 is 23.3 Å². The number of amides is 1. The summed E-state index contributed by atoms with van der Waals surface area (Å²) in [4.78, 5) is 39.6. The summed E-state index contributed by atoms with van der Waals surface area (Å²) in [5.74, 6) is -1.22. The van der Waals surface area contributed by atoms with Gasteiger partial charge in [-0.3, -0.25) is 19.0 Å². The van der Waals surface area contributed by atoms with Crippen molar-refractivity contribution in [3.05, 3.63) is 68.6 Å². The molecule has 8 heteroatoms. The van der Waals surface area contributed by atoms with E-state index in [9.17, 15) is 19.5 Å². The van der Waals surface area contributed by atoms with Gasteiger partial charge in [-0.15, -0.1) is 0 Å². The molecule has 0 aliphatic heterocycles. The molecule has 0 fully saturated rings. The van der Waals surface area contributed by atoms with E-state index in [0.717, 1.165) is 4.57 Å². The normalized spacial score (nSPS) is 11.8. The van der Waals surface area contributed by atoms with E-state index in [2.05, 4.69) is 0 Å². The van der Waals surface area contributed by atoms with Crippen LogP contribution in [0, 0.1) is 0 Å². The van der Waals surface area contributed by atoms with Gasteiger partial charge in [-0.05, 0) is 31.2 Å². The van der Waals surface area contributed by atoms with Gasteiger partial charge >= 0.3 is 0 Å². The van der Waals surface area contributed by atoms with Gasteiger partial charge in [0.15, 0.2) is 11.8 Å². The van der Waals surface area contributed by atoms with E-state index in [-0.39, 0.29) is 30.3 Å². The van der Waals surface area contributed by atoms with Crippen LogP contribution < -0.4 is 5.56 Å². The van der Waals surface area contributed by atoms with E-state index in [4.69, 9.17) is 23.2 Å². The van der Waals surface area contributed by atoms with Crippen LogP contribution in [0.1, 0.15) is 23.3 Å². The predicted molar refractivity (Wildman–Crippen MR) is 99.9 cm³/mol. The first-order valence-corrected chi connectivity index (χ1v) is 8.72. The standard InChI is InChI=1S/C18H18Cl2N2O4/c1-2-21(9-10-23)18(26)16(22-8-4-3-5-15(22)24)17(25)13-7-6-12(19)11-14(13)20/h3-8,11,16,23H,2,9-10H2,1H3. The van der Waals surface area contributed by atoms with E-state index in [1.807, 2.05) is 0 Å². The maximum atomic E-state index is 13.1. The lowest BCUT2D eigenvalue weighted by Crippen LogP contribution is -2.44. The van der Waals surface area contributed by atoms with Crippen LogP contribution in [-0.4, -0.2) is 46.0 Å². The van der Waals surface area contributed by atoms with Gasteiger partial charge in [0.2, 0.25) is 0 Å². The highest BCUT2D eigenvalue weighted by molar-refractivity contribution is 6.37. The molecule has 2 aromatic rings. The van der Waals surface area contributed by atoms with Crippen molar-refractivity contribution in [1.29, 1.82) is 0 Å². The molecule has 1 N–H and O–H groups in total. The molecule has 0 saturated heterocycles. The fourth-order valence-electron chi connectivity index (χ4n) is 2.56. The molecule has 1 aromatic heterocycles. The van der Waals surface area contributed by atoms with Crippen LogP contribution in [0.25, 0.3) is 0 Å². The maximum Gasteiger partial charge on any atom is 0.253 e. The van der Waals surface area contributed by atoms with Crippen molar-refractivity contribution in [1.82, 2.24) is 9.47 Å².